The molecule has 0 unspecified atom stereocenters. The molecule has 3 heterocycles. The van der Waals surface area contributed by atoms with Gasteiger partial charge in [-0.05, 0) is 39.2 Å². The molecule has 0 saturated carbocycles. The van der Waals surface area contributed by atoms with Crippen LogP contribution in [0.4, 0.5) is 0 Å². The minimum absolute atomic E-state index is 0. The molecule has 3 saturated heterocycles. The van der Waals surface area contributed by atoms with Gasteiger partial charge in [-0.3, -0.25) is 0 Å². The van der Waals surface area contributed by atoms with Crippen LogP contribution in [0.25, 0.3) is 0 Å². The number of benzene rings is 1. The summed E-state index contributed by atoms with van der Waals surface area (Å²) >= 11 is 0. The molecular weight excluding hydrogens is 544 g/mol. The van der Waals surface area contributed by atoms with E-state index in [1.165, 1.54) is 0 Å². The fourth-order valence-corrected chi connectivity index (χ4v) is 3.73. The van der Waals surface area contributed by atoms with Gasteiger partial charge in [-0.25, -0.2) is 0 Å². The van der Waals surface area contributed by atoms with Crippen LogP contribution in [-0.2, 0) is 58.0 Å². The average Bonchev–Trinajstić information content (AvgIpc) is 3.18. The average molecular weight is 569 g/mol. The molecule has 4 rings (SSSR count). The zero-order valence-electron chi connectivity index (χ0n) is 15.3. The number of fused-ring (bicyclic) bond motifs is 1. The summed E-state index contributed by atoms with van der Waals surface area (Å²) in [4.78, 5) is 0. The predicted molar refractivity (Wildman–Crippen MR) is 87.0 cm³/mol. The molecule has 0 aliphatic carbocycles. The smallest absolute Gasteiger partial charge is 1.00 e. The van der Waals surface area contributed by atoms with Crippen LogP contribution < -0.4 is 12.4 Å². The third-order valence-electron chi connectivity index (χ3n) is 4.82. The zero-order valence-corrected chi connectivity index (χ0v) is 21.6. The number of halogens is 1. The van der Waals surface area contributed by atoms with Crippen molar-refractivity contribution in [1.82, 2.24) is 0 Å². The third-order valence-corrected chi connectivity index (χ3v) is 4.82. The van der Waals surface area contributed by atoms with Crippen molar-refractivity contribution in [1.29, 1.82) is 0 Å². The Balaban J connectivity index is 0.00000121. The van der Waals surface area contributed by atoms with E-state index >= 15 is 0 Å². The van der Waals surface area contributed by atoms with E-state index in [2.05, 4.69) is 19.1 Å². The van der Waals surface area contributed by atoms with Gasteiger partial charge in [-0.1, -0.05) is 30.3 Å². The maximum atomic E-state index is 6.23. The Hall–Kier alpha value is 0.245. The van der Waals surface area contributed by atoms with Gasteiger partial charge in [0.1, 0.15) is 18.3 Å². The first-order valence-corrected chi connectivity index (χ1v) is 8.67. The molecule has 0 amide bonds. The topological polar surface area (TPSA) is 46.2 Å². The van der Waals surface area contributed by atoms with Crippen LogP contribution in [0.15, 0.2) is 30.3 Å². The van der Waals surface area contributed by atoms with Gasteiger partial charge in [-0.2, -0.15) is 0 Å². The summed E-state index contributed by atoms with van der Waals surface area (Å²) < 4.78 is 30.2. The van der Waals surface area contributed by atoms with E-state index in [9.17, 15) is 0 Å². The number of hydrogen-bond acceptors (Lipinski definition) is 5. The fraction of sp³-hybridized carbons (Fsp3) is 0.632. The minimum atomic E-state index is -0.653. The summed E-state index contributed by atoms with van der Waals surface area (Å²) in [6, 6.07) is 10.1. The minimum Gasteiger partial charge on any atom is -1.00 e. The predicted octanol–water partition coefficient (Wildman–Crippen LogP) is -0.169. The Morgan fingerprint density at radius 3 is 2.46 bits per heavy atom. The van der Waals surface area contributed by atoms with Crippen molar-refractivity contribution >= 4 is 0 Å². The van der Waals surface area contributed by atoms with Crippen molar-refractivity contribution in [3.8, 4) is 0 Å². The van der Waals surface area contributed by atoms with Gasteiger partial charge in [0.25, 0.3) is 0 Å². The van der Waals surface area contributed by atoms with E-state index in [0.29, 0.717) is 6.61 Å². The van der Waals surface area contributed by atoms with Gasteiger partial charge < -0.3 is 36.1 Å². The standard InChI is InChI=1S/C19H25O5.ClH.Hg/c1-12-9-10-14(21-12)15-16(20-11-13-7-5-4-6-8-13)17-18(22-15)24-19(2,3)23-17;;/h4-8,12,14-18H,1,9-11H2,2-3H3;1H;/q;;+1/p-1/t12-,14-,15+,16-,17+,18+;;/m0../s1. The van der Waals surface area contributed by atoms with Crippen LogP contribution in [0.2, 0.25) is 0 Å². The van der Waals surface area contributed by atoms with E-state index in [1.54, 1.807) is 0 Å². The number of rotatable bonds is 4. The Morgan fingerprint density at radius 1 is 1.08 bits per heavy atom. The van der Waals surface area contributed by atoms with E-state index in [4.69, 9.17) is 23.7 Å². The monoisotopic (exact) mass is 570 g/mol. The first kappa shape index (κ1) is 22.5. The maximum absolute atomic E-state index is 6.23. The third kappa shape index (κ3) is 4.80. The Kier molecular flexibility index (Phi) is 7.94. The molecule has 0 N–H and O–H groups in total. The molecule has 0 aromatic heterocycles. The molecule has 140 valence electrons. The van der Waals surface area contributed by atoms with Gasteiger partial charge in [-0.15, -0.1) is 0 Å². The molecule has 1 aromatic rings. The molecule has 0 bridgehead atoms. The van der Waals surface area contributed by atoms with Crippen LogP contribution >= 0.6 is 0 Å². The van der Waals surface area contributed by atoms with E-state index in [1.807, 2.05) is 32.0 Å². The normalized spacial score (nSPS) is 37.7. The van der Waals surface area contributed by atoms with Crippen molar-refractivity contribution in [2.45, 2.75) is 75.9 Å². The van der Waals surface area contributed by atoms with Crippen LogP contribution in [0.5, 0.6) is 0 Å². The van der Waals surface area contributed by atoms with Crippen LogP contribution in [-0.4, -0.2) is 42.6 Å². The Bertz CT molecular complexity index is 572. The molecule has 26 heavy (non-hydrogen) atoms. The summed E-state index contributed by atoms with van der Waals surface area (Å²) in [5, 5.41) is 0. The Morgan fingerprint density at radius 2 is 1.81 bits per heavy atom. The number of ether oxygens (including phenoxy) is 5. The van der Waals surface area contributed by atoms with Crippen molar-refractivity contribution in [2.24, 2.45) is 0 Å². The number of hydrogen-bond donors (Lipinski definition) is 0. The van der Waals surface area contributed by atoms with Crippen LogP contribution in [0, 0.1) is 6.92 Å². The van der Waals surface area contributed by atoms with Crippen LogP contribution in [0.1, 0.15) is 32.3 Å². The van der Waals surface area contributed by atoms with E-state index in [0.717, 1.165) is 18.4 Å². The first-order chi connectivity index (χ1) is 11.5. The summed E-state index contributed by atoms with van der Waals surface area (Å²) in [7, 11) is 0. The largest absolute Gasteiger partial charge is 1.00 e. The molecule has 0 spiro atoms. The molecule has 2 radical (unpaired) electrons. The van der Waals surface area contributed by atoms with Crippen LogP contribution in [0.3, 0.4) is 0 Å². The molecule has 3 aliphatic heterocycles. The van der Waals surface area contributed by atoms with Gasteiger partial charge in [0.05, 0.1) is 18.8 Å². The second-order valence-corrected chi connectivity index (χ2v) is 7.20. The van der Waals surface area contributed by atoms with Crippen molar-refractivity contribution in [3.63, 3.8) is 0 Å². The van der Waals surface area contributed by atoms with E-state index < -0.39 is 12.1 Å². The molecule has 3 aliphatic rings. The Labute approximate surface area is 182 Å². The maximum Gasteiger partial charge on any atom is 1.00 e. The van der Waals surface area contributed by atoms with Gasteiger partial charge >= 0.3 is 27.7 Å². The second-order valence-electron chi connectivity index (χ2n) is 7.20. The molecule has 1 aromatic carbocycles. The second kappa shape index (κ2) is 9.16. The van der Waals surface area contributed by atoms with E-state index in [-0.39, 0.29) is 70.6 Å². The summed E-state index contributed by atoms with van der Waals surface area (Å²) in [6.07, 6.45) is 0.824. The summed E-state index contributed by atoms with van der Waals surface area (Å²) in [6.45, 7) is 8.30. The van der Waals surface area contributed by atoms with Crippen molar-refractivity contribution < 1.29 is 63.8 Å². The van der Waals surface area contributed by atoms with Crippen molar-refractivity contribution in [3.05, 3.63) is 42.8 Å². The SMILES string of the molecule is [CH2][C@H]1CC[C@@H]([C@H]2O[C@@H]3OC(C)(C)O[C@@H]3[C@H]2OCc2ccccc2)O1.[Cl-].[Hg+]. The molecule has 3 fully saturated rings. The van der Waals surface area contributed by atoms with Gasteiger partial charge in [0.2, 0.25) is 0 Å². The van der Waals surface area contributed by atoms with Gasteiger partial charge in [0.15, 0.2) is 12.1 Å². The summed E-state index contributed by atoms with van der Waals surface area (Å²) in [5.74, 6) is -0.653. The zero-order chi connectivity index (χ0) is 16.7. The first-order valence-electron chi connectivity index (χ1n) is 8.67. The molecule has 5 nitrogen and oxygen atoms in total. The fourth-order valence-electron chi connectivity index (χ4n) is 3.73. The van der Waals surface area contributed by atoms with Crippen molar-refractivity contribution in [2.75, 3.05) is 0 Å². The molecule has 6 atom stereocenters. The molecular formula is C19H25ClHgO5. The molecule has 7 heteroatoms. The van der Waals surface area contributed by atoms with Gasteiger partial charge in [0, 0.05) is 0 Å². The summed E-state index contributed by atoms with van der Waals surface area (Å²) in [5.41, 5.74) is 1.13. The quantitative estimate of drug-likeness (QED) is 0.472.